The van der Waals surface area contributed by atoms with E-state index in [2.05, 4.69) is 21.3 Å². The first kappa shape index (κ1) is 25.7. The lowest BCUT2D eigenvalue weighted by Crippen LogP contribution is -2.52. The number of benzene rings is 2. The molecule has 10 nitrogen and oxygen atoms in total. The summed E-state index contributed by atoms with van der Waals surface area (Å²) >= 11 is 0. The van der Waals surface area contributed by atoms with E-state index in [1.165, 1.54) is 12.1 Å². The number of rotatable bonds is 8. The molecule has 1 heterocycles. The van der Waals surface area contributed by atoms with E-state index in [0.29, 0.717) is 0 Å². The van der Waals surface area contributed by atoms with Gasteiger partial charge in [-0.1, -0.05) is 42.5 Å². The van der Waals surface area contributed by atoms with Crippen molar-refractivity contribution in [2.24, 2.45) is 5.73 Å². The van der Waals surface area contributed by atoms with Crippen molar-refractivity contribution < 1.29 is 24.3 Å². The smallest absolute Gasteiger partial charge is 0.243 e. The molecular formula is C25H31N5O5. The summed E-state index contributed by atoms with van der Waals surface area (Å²) in [6.45, 7) is 1.64. The molecule has 4 atom stereocenters. The van der Waals surface area contributed by atoms with Crippen LogP contribution in [0, 0.1) is 0 Å². The number of carbonyl (C=O) groups is 4. The lowest BCUT2D eigenvalue weighted by molar-refractivity contribution is -0.130. The molecule has 10 heteroatoms. The summed E-state index contributed by atoms with van der Waals surface area (Å²) in [7, 11) is 0. The third-order valence-electron chi connectivity index (χ3n) is 5.76. The number of hydrogen-bond acceptors (Lipinski definition) is 6. The molecule has 0 aromatic heterocycles. The Labute approximate surface area is 203 Å². The van der Waals surface area contributed by atoms with Crippen LogP contribution in [-0.4, -0.2) is 59.4 Å². The first-order valence-corrected chi connectivity index (χ1v) is 11.5. The van der Waals surface area contributed by atoms with Crippen LogP contribution in [0.1, 0.15) is 24.5 Å². The number of nitrogens with one attached hydrogen (secondary N) is 4. The predicted octanol–water partition coefficient (Wildman–Crippen LogP) is -0.501. The fraction of sp³-hybridized carbons (Fsp3) is 0.360. The fourth-order valence-corrected chi connectivity index (χ4v) is 3.73. The highest BCUT2D eigenvalue weighted by Crippen LogP contribution is 2.11. The van der Waals surface area contributed by atoms with E-state index in [-0.39, 0.29) is 31.6 Å². The van der Waals surface area contributed by atoms with Crippen molar-refractivity contribution in [1.82, 2.24) is 21.3 Å². The molecule has 7 N–H and O–H groups in total. The Morgan fingerprint density at radius 2 is 1.54 bits per heavy atom. The van der Waals surface area contributed by atoms with Crippen LogP contribution in [0.25, 0.3) is 0 Å². The van der Waals surface area contributed by atoms with Crippen LogP contribution in [0.5, 0.6) is 5.75 Å². The van der Waals surface area contributed by atoms with Crippen LogP contribution in [0.3, 0.4) is 0 Å². The van der Waals surface area contributed by atoms with Crippen molar-refractivity contribution in [3.05, 3.63) is 65.7 Å². The first-order chi connectivity index (χ1) is 16.7. The molecule has 0 radical (unpaired) electrons. The zero-order valence-electron chi connectivity index (χ0n) is 19.5. The van der Waals surface area contributed by atoms with E-state index >= 15 is 0 Å². The molecule has 2 aromatic carbocycles. The molecule has 186 valence electrons. The number of phenolic OH excluding ortho intramolecular Hbond substituents is 1. The normalized spacial score (nSPS) is 21.4. The Kier molecular flexibility index (Phi) is 8.80. The summed E-state index contributed by atoms with van der Waals surface area (Å²) in [5.74, 6) is -1.72. The molecule has 0 saturated carbocycles. The SMILES string of the molecule is C[C@@H]1NC(=O)[C@H](Cc2ccccc2)NC(=O)[C@@H](CCNC(=O)[C@@H](N)Cc2ccc(O)cc2)NC1=O. The third-order valence-corrected chi connectivity index (χ3v) is 5.76. The van der Waals surface area contributed by atoms with Gasteiger partial charge in [0.15, 0.2) is 0 Å². The van der Waals surface area contributed by atoms with E-state index in [0.717, 1.165) is 11.1 Å². The lowest BCUT2D eigenvalue weighted by Gasteiger charge is -2.21. The van der Waals surface area contributed by atoms with Crippen molar-refractivity contribution in [3.8, 4) is 5.75 Å². The minimum absolute atomic E-state index is 0.0968. The van der Waals surface area contributed by atoms with Gasteiger partial charge in [-0.3, -0.25) is 19.2 Å². The van der Waals surface area contributed by atoms with Crippen LogP contribution in [0.2, 0.25) is 0 Å². The van der Waals surface area contributed by atoms with Crippen LogP contribution >= 0.6 is 0 Å². The summed E-state index contributed by atoms with van der Waals surface area (Å²) < 4.78 is 0. The van der Waals surface area contributed by atoms with E-state index in [4.69, 9.17) is 5.73 Å². The fourth-order valence-electron chi connectivity index (χ4n) is 3.73. The monoisotopic (exact) mass is 481 g/mol. The van der Waals surface area contributed by atoms with Crippen molar-refractivity contribution in [1.29, 1.82) is 0 Å². The van der Waals surface area contributed by atoms with Crippen molar-refractivity contribution >= 4 is 23.6 Å². The molecular weight excluding hydrogens is 450 g/mol. The number of nitrogens with two attached hydrogens (primary N) is 1. The van der Waals surface area contributed by atoms with Gasteiger partial charge in [0.1, 0.15) is 23.9 Å². The average molecular weight is 482 g/mol. The number of hydrogen-bond donors (Lipinski definition) is 6. The van der Waals surface area contributed by atoms with Gasteiger partial charge in [-0.25, -0.2) is 0 Å². The van der Waals surface area contributed by atoms with E-state index < -0.39 is 47.8 Å². The maximum atomic E-state index is 12.9. The minimum atomic E-state index is -0.940. The van der Waals surface area contributed by atoms with Crippen molar-refractivity contribution in [3.63, 3.8) is 0 Å². The molecule has 2 aromatic rings. The molecule has 1 saturated heterocycles. The number of amides is 4. The summed E-state index contributed by atoms with van der Waals surface area (Å²) in [5.41, 5.74) is 7.64. The van der Waals surface area contributed by atoms with Gasteiger partial charge in [-0.05, 0) is 43.0 Å². The second kappa shape index (κ2) is 12.0. The van der Waals surface area contributed by atoms with E-state index in [9.17, 15) is 24.3 Å². The van der Waals surface area contributed by atoms with Gasteiger partial charge in [-0.2, -0.15) is 0 Å². The summed E-state index contributed by atoms with van der Waals surface area (Å²) in [6.07, 6.45) is 0.669. The van der Waals surface area contributed by atoms with Crippen LogP contribution in [0.4, 0.5) is 0 Å². The number of phenols is 1. The second-order valence-electron chi connectivity index (χ2n) is 8.60. The predicted molar refractivity (Wildman–Crippen MR) is 129 cm³/mol. The van der Waals surface area contributed by atoms with E-state index in [1.807, 2.05) is 30.3 Å². The maximum Gasteiger partial charge on any atom is 0.243 e. The largest absolute Gasteiger partial charge is 0.508 e. The van der Waals surface area contributed by atoms with Crippen LogP contribution in [0.15, 0.2) is 54.6 Å². The number of carbonyl (C=O) groups excluding carboxylic acids is 4. The van der Waals surface area contributed by atoms with Gasteiger partial charge in [0.05, 0.1) is 6.04 Å². The molecule has 3 rings (SSSR count). The van der Waals surface area contributed by atoms with Crippen LogP contribution < -0.4 is 27.0 Å². The number of aromatic hydroxyl groups is 1. The highest BCUT2D eigenvalue weighted by molar-refractivity contribution is 5.97. The lowest BCUT2D eigenvalue weighted by atomic mass is 10.0. The molecule has 0 bridgehead atoms. The Morgan fingerprint density at radius 3 is 2.23 bits per heavy atom. The maximum absolute atomic E-state index is 12.9. The summed E-state index contributed by atoms with van der Waals surface area (Å²) in [5, 5.41) is 20.0. The third kappa shape index (κ3) is 7.54. The molecule has 0 aliphatic carbocycles. The minimum Gasteiger partial charge on any atom is -0.508 e. The summed E-state index contributed by atoms with van der Waals surface area (Å²) in [4.78, 5) is 50.5. The highest BCUT2D eigenvalue weighted by Gasteiger charge is 2.32. The zero-order valence-corrected chi connectivity index (χ0v) is 19.5. The molecule has 0 unspecified atom stereocenters. The van der Waals surface area contributed by atoms with Gasteiger partial charge < -0.3 is 32.1 Å². The van der Waals surface area contributed by atoms with Gasteiger partial charge in [0.2, 0.25) is 23.6 Å². The molecule has 4 amide bonds. The Morgan fingerprint density at radius 1 is 0.914 bits per heavy atom. The molecule has 1 aliphatic rings. The highest BCUT2D eigenvalue weighted by atomic mass is 16.3. The standard InChI is InChI=1S/C25H31N5O5/c1-15-22(32)29-20(11-12-27-23(33)19(26)13-17-7-9-18(31)10-8-17)24(34)30-21(25(35)28-15)14-16-5-3-2-4-6-16/h2-10,15,19-21,31H,11-14,26H2,1H3,(H,27,33)(H,28,35)(H,29,32)(H,30,34)/t15-,19-,20+,21-/m0/s1. The molecule has 1 fully saturated rings. The first-order valence-electron chi connectivity index (χ1n) is 11.5. The summed E-state index contributed by atoms with van der Waals surface area (Å²) in [6, 6.07) is 12.2. The second-order valence-corrected chi connectivity index (χ2v) is 8.60. The zero-order chi connectivity index (χ0) is 25.4. The average Bonchev–Trinajstić information content (AvgIpc) is 2.87. The van der Waals surface area contributed by atoms with Gasteiger partial charge in [-0.15, -0.1) is 0 Å². The molecule has 1 aliphatic heterocycles. The van der Waals surface area contributed by atoms with Gasteiger partial charge >= 0.3 is 0 Å². The Hall–Kier alpha value is -3.92. The quantitative estimate of drug-likeness (QED) is 0.298. The van der Waals surface area contributed by atoms with Gasteiger partial charge in [0, 0.05) is 13.0 Å². The topological polar surface area (TPSA) is 163 Å². The van der Waals surface area contributed by atoms with Crippen molar-refractivity contribution in [2.45, 2.75) is 50.4 Å². The van der Waals surface area contributed by atoms with Crippen molar-refractivity contribution in [2.75, 3.05) is 6.54 Å². The molecule has 0 spiro atoms. The van der Waals surface area contributed by atoms with E-state index in [1.54, 1.807) is 19.1 Å². The Balaban J connectivity index is 1.59. The molecule has 35 heavy (non-hydrogen) atoms. The Bertz CT molecular complexity index is 1040. The van der Waals surface area contributed by atoms with Crippen LogP contribution in [-0.2, 0) is 32.0 Å². The van der Waals surface area contributed by atoms with Gasteiger partial charge in [0.25, 0.3) is 0 Å².